The highest BCUT2D eigenvalue weighted by atomic mass is 79.9. The molecule has 0 amide bonds. The number of hydrogen-bond acceptors (Lipinski definition) is 3. The SMILES string of the molecule is Brc1ccc2ccnn2c1.N#CCc1ccc2ccnn2c1. The molecule has 0 atom stereocenters. The van der Waals surface area contributed by atoms with Gasteiger partial charge in [0.15, 0.2) is 0 Å². The van der Waals surface area contributed by atoms with Crippen LogP contribution in [0.25, 0.3) is 11.0 Å². The zero-order valence-electron chi connectivity index (χ0n) is 11.6. The first-order valence-electron chi connectivity index (χ1n) is 6.64. The summed E-state index contributed by atoms with van der Waals surface area (Å²) in [5.41, 5.74) is 3.16. The van der Waals surface area contributed by atoms with Crippen molar-refractivity contribution in [1.29, 1.82) is 5.26 Å². The molecule has 0 unspecified atom stereocenters. The minimum atomic E-state index is 0.440. The molecule has 4 aromatic heterocycles. The van der Waals surface area contributed by atoms with E-state index in [-0.39, 0.29) is 0 Å². The van der Waals surface area contributed by atoms with Crippen molar-refractivity contribution in [3.8, 4) is 6.07 Å². The van der Waals surface area contributed by atoms with E-state index in [2.05, 4.69) is 32.2 Å². The molecule has 108 valence electrons. The first kappa shape index (κ1) is 14.3. The molecule has 0 fully saturated rings. The smallest absolute Gasteiger partial charge is 0.0670 e. The molecule has 0 radical (unpaired) electrons. The molecule has 4 rings (SSSR count). The number of hydrogen-bond donors (Lipinski definition) is 0. The molecule has 6 heteroatoms. The van der Waals surface area contributed by atoms with Crippen molar-refractivity contribution < 1.29 is 0 Å². The van der Waals surface area contributed by atoms with Crippen molar-refractivity contribution in [2.24, 2.45) is 0 Å². The van der Waals surface area contributed by atoms with E-state index >= 15 is 0 Å². The van der Waals surface area contributed by atoms with Crippen molar-refractivity contribution in [3.63, 3.8) is 0 Å². The molecule has 0 N–H and O–H groups in total. The van der Waals surface area contributed by atoms with Crippen LogP contribution in [0.5, 0.6) is 0 Å². The van der Waals surface area contributed by atoms with Gasteiger partial charge in [-0.05, 0) is 51.8 Å². The summed E-state index contributed by atoms with van der Waals surface area (Å²) in [5.74, 6) is 0. The summed E-state index contributed by atoms with van der Waals surface area (Å²) >= 11 is 3.36. The summed E-state index contributed by atoms with van der Waals surface area (Å²) in [6, 6.07) is 13.9. The van der Waals surface area contributed by atoms with Gasteiger partial charge in [0.05, 0.1) is 23.5 Å². The summed E-state index contributed by atoms with van der Waals surface area (Å²) in [4.78, 5) is 0. The normalized spacial score (nSPS) is 10.2. The molecule has 0 spiro atoms. The second-order valence-electron chi connectivity index (χ2n) is 4.62. The van der Waals surface area contributed by atoms with Gasteiger partial charge in [-0.25, -0.2) is 9.03 Å². The molecule has 4 heterocycles. The summed E-state index contributed by atoms with van der Waals surface area (Å²) in [6.45, 7) is 0. The maximum atomic E-state index is 8.46. The molecule has 0 bridgehead atoms. The fraction of sp³-hybridized carbons (Fsp3) is 0.0625. The van der Waals surface area contributed by atoms with Crippen molar-refractivity contribution in [2.45, 2.75) is 6.42 Å². The van der Waals surface area contributed by atoms with Gasteiger partial charge in [0.2, 0.25) is 0 Å². The third kappa shape index (κ3) is 3.15. The average Bonchev–Trinajstić information content (AvgIpc) is 3.15. The molecular formula is C16H12BrN5. The maximum Gasteiger partial charge on any atom is 0.0670 e. The zero-order valence-corrected chi connectivity index (χ0v) is 13.2. The van der Waals surface area contributed by atoms with Crippen molar-refractivity contribution in [2.75, 3.05) is 0 Å². The van der Waals surface area contributed by atoms with E-state index in [4.69, 9.17) is 5.26 Å². The van der Waals surface area contributed by atoms with Gasteiger partial charge in [-0.2, -0.15) is 15.5 Å². The standard InChI is InChI=1S/C9H7N3.C7H5BrN2/c10-5-3-8-1-2-9-4-6-11-12(9)7-8;8-6-1-2-7-3-4-9-10(7)5-6/h1-2,4,6-7H,3H2;1-5H. The van der Waals surface area contributed by atoms with Crippen molar-refractivity contribution in [1.82, 2.24) is 19.2 Å². The number of rotatable bonds is 1. The van der Waals surface area contributed by atoms with E-state index in [1.54, 1.807) is 16.9 Å². The zero-order chi connectivity index (χ0) is 15.4. The van der Waals surface area contributed by atoms with Crippen LogP contribution < -0.4 is 0 Å². The Hall–Kier alpha value is -2.65. The van der Waals surface area contributed by atoms with E-state index in [1.165, 1.54) is 0 Å². The van der Waals surface area contributed by atoms with Gasteiger partial charge in [0, 0.05) is 29.3 Å². The lowest BCUT2D eigenvalue weighted by Gasteiger charge is -1.95. The molecule has 0 aliphatic heterocycles. The summed E-state index contributed by atoms with van der Waals surface area (Å²) < 4.78 is 4.64. The number of aromatic nitrogens is 4. The molecule has 0 saturated carbocycles. The molecule has 4 aromatic rings. The van der Waals surface area contributed by atoms with E-state index in [0.717, 1.165) is 21.1 Å². The fourth-order valence-electron chi connectivity index (χ4n) is 2.04. The van der Waals surface area contributed by atoms with Gasteiger partial charge in [-0.1, -0.05) is 6.07 Å². The predicted molar refractivity (Wildman–Crippen MR) is 87.4 cm³/mol. The highest BCUT2D eigenvalue weighted by molar-refractivity contribution is 9.10. The summed E-state index contributed by atoms with van der Waals surface area (Å²) in [5, 5.41) is 16.6. The minimum absolute atomic E-state index is 0.440. The lowest BCUT2D eigenvalue weighted by Crippen LogP contribution is -1.89. The van der Waals surface area contributed by atoms with Crippen LogP contribution in [0.15, 0.2) is 65.7 Å². The Bertz CT molecular complexity index is 948. The molecule has 0 aliphatic rings. The van der Waals surface area contributed by atoms with Gasteiger partial charge in [-0.3, -0.25) is 0 Å². The Morgan fingerprint density at radius 3 is 2.23 bits per heavy atom. The van der Waals surface area contributed by atoms with E-state index < -0.39 is 0 Å². The Morgan fingerprint density at radius 2 is 1.55 bits per heavy atom. The van der Waals surface area contributed by atoms with E-state index in [9.17, 15) is 0 Å². The van der Waals surface area contributed by atoms with Crippen LogP contribution in [-0.4, -0.2) is 19.2 Å². The third-order valence-corrected chi connectivity index (χ3v) is 3.57. The van der Waals surface area contributed by atoms with Crippen molar-refractivity contribution in [3.05, 3.63) is 71.2 Å². The molecule has 5 nitrogen and oxygen atoms in total. The Labute approximate surface area is 135 Å². The van der Waals surface area contributed by atoms with Crippen LogP contribution in [0.4, 0.5) is 0 Å². The Balaban J connectivity index is 0.000000133. The van der Waals surface area contributed by atoms with Gasteiger partial charge >= 0.3 is 0 Å². The lowest BCUT2D eigenvalue weighted by atomic mass is 10.2. The van der Waals surface area contributed by atoms with Crippen LogP contribution in [0, 0.1) is 11.3 Å². The maximum absolute atomic E-state index is 8.46. The van der Waals surface area contributed by atoms with Crippen LogP contribution >= 0.6 is 15.9 Å². The molecular weight excluding hydrogens is 342 g/mol. The average molecular weight is 354 g/mol. The third-order valence-electron chi connectivity index (χ3n) is 3.10. The predicted octanol–water partition coefficient (Wildman–Crippen LogP) is 3.50. The lowest BCUT2D eigenvalue weighted by molar-refractivity contribution is 0.945. The number of nitrogens with zero attached hydrogens (tertiary/aromatic N) is 5. The van der Waals surface area contributed by atoms with Crippen LogP contribution in [-0.2, 0) is 6.42 Å². The first-order valence-corrected chi connectivity index (χ1v) is 7.44. The monoisotopic (exact) mass is 353 g/mol. The largest absolute Gasteiger partial charge is 0.241 e. The number of nitriles is 1. The van der Waals surface area contributed by atoms with Crippen LogP contribution in [0.1, 0.15) is 5.56 Å². The molecule has 22 heavy (non-hydrogen) atoms. The highest BCUT2D eigenvalue weighted by Gasteiger charge is 1.95. The second-order valence-corrected chi connectivity index (χ2v) is 5.54. The second kappa shape index (κ2) is 6.41. The first-order chi connectivity index (χ1) is 10.8. The molecule has 0 saturated heterocycles. The Morgan fingerprint density at radius 1 is 0.909 bits per heavy atom. The highest BCUT2D eigenvalue weighted by Crippen LogP contribution is 2.10. The topological polar surface area (TPSA) is 58.4 Å². The van der Waals surface area contributed by atoms with Crippen molar-refractivity contribution >= 4 is 27.0 Å². The number of fused-ring (bicyclic) bond motifs is 2. The van der Waals surface area contributed by atoms with Gasteiger partial charge in [0.1, 0.15) is 0 Å². The molecule has 0 aromatic carbocycles. The quantitative estimate of drug-likeness (QED) is 0.526. The van der Waals surface area contributed by atoms with E-state index in [1.807, 2.05) is 53.3 Å². The minimum Gasteiger partial charge on any atom is -0.241 e. The summed E-state index contributed by atoms with van der Waals surface area (Å²) in [7, 11) is 0. The Kier molecular flexibility index (Phi) is 4.17. The van der Waals surface area contributed by atoms with Gasteiger partial charge < -0.3 is 0 Å². The number of halogens is 1. The van der Waals surface area contributed by atoms with Gasteiger partial charge in [-0.15, -0.1) is 0 Å². The fourth-order valence-corrected chi connectivity index (χ4v) is 2.37. The van der Waals surface area contributed by atoms with Crippen LogP contribution in [0.3, 0.4) is 0 Å². The number of pyridine rings is 2. The van der Waals surface area contributed by atoms with E-state index in [0.29, 0.717) is 6.42 Å². The molecule has 0 aliphatic carbocycles. The van der Waals surface area contributed by atoms with Crippen LogP contribution in [0.2, 0.25) is 0 Å². The summed E-state index contributed by atoms with van der Waals surface area (Å²) in [6.07, 6.45) is 7.76. The van der Waals surface area contributed by atoms with Gasteiger partial charge in [0.25, 0.3) is 0 Å².